The molecule has 270 valence electrons. The van der Waals surface area contributed by atoms with Gasteiger partial charge in [-0.2, -0.15) is 0 Å². The monoisotopic (exact) mass is 738 g/mol. The molecule has 11 aromatic rings. The summed E-state index contributed by atoms with van der Waals surface area (Å²) in [5, 5.41) is 4.64. The fourth-order valence-corrected chi connectivity index (χ4v) is 10.5. The van der Waals surface area contributed by atoms with Gasteiger partial charge in [0.2, 0.25) is 0 Å². The van der Waals surface area contributed by atoms with Gasteiger partial charge in [-0.3, -0.25) is 0 Å². The fourth-order valence-electron chi connectivity index (χ4n) is 10.5. The van der Waals surface area contributed by atoms with Crippen molar-refractivity contribution in [1.29, 1.82) is 0 Å². The van der Waals surface area contributed by atoms with Gasteiger partial charge in [0.25, 0.3) is 0 Å². The molecular weight excluding hydrogens is 705 g/mol. The van der Waals surface area contributed by atoms with Crippen LogP contribution in [0.15, 0.2) is 211 Å². The van der Waals surface area contributed by atoms with Crippen molar-refractivity contribution in [2.24, 2.45) is 0 Å². The summed E-state index contributed by atoms with van der Waals surface area (Å²) in [6.45, 7) is 0. The minimum Gasteiger partial charge on any atom is -0.456 e. The van der Waals surface area contributed by atoms with Gasteiger partial charge in [-0.1, -0.05) is 140 Å². The zero-order chi connectivity index (χ0) is 38.0. The lowest BCUT2D eigenvalue weighted by molar-refractivity contribution is 0.669. The van der Waals surface area contributed by atoms with E-state index in [0.29, 0.717) is 0 Å². The molecule has 0 unspecified atom stereocenters. The molecule has 0 saturated carbocycles. The Bertz CT molecular complexity index is 3430. The van der Waals surface area contributed by atoms with Crippen LogP contribution in [0.2, 0.25) is 0 Å². The fraction of sp³-hybridized carbons (Fsp3) is 0.0182. The van der Waals surface area contributed by atoms with Crippen LogP contribution in [0.1, 0.15) is 22.3 Å². The topological polar surface area (TPSA) is 21.3 Å². The van der Waals surface area contributed by atoms with E-state index in [1.165, 1.54) is 60.8 Å². The van der Waals surface area contributed by atoms with Crippen molar-refractivity contribution in [3.63, 3.8) is 0 Å². The Labute approximate surface area is 335 Å². The van der Waals surface area contributed by atoms with Gasteiger partial charge in [0.15, 0.2) is 0 Å². The molecule has 3 nitrogen and oxygen atoms in total. The standard InChI is InChI=1S/C55H34N2O/c1-2-15-35(16-3-1)57-49-25-12-7-21-43(49)54-50(26-14-27-51(54)57)56(37-29-31-42-41-20-8-13-28-52(41)58-53(42)34-37)36-30-32-48-44(33-36)40-19-6-11-24-47(40)55(48)45-22-9-4-17-38(45)39-18-5-10-23-46(39)55/h1-34H. The molecule has 2 aliphatic rings. The molecule has 2 aromatic heterocycles. The maximum absolute atomic E-state index is 6.55. The zero-order valence-electron chi connectivity index (χ0n) is 31.4. The van der Waals surface area contributed by atoms with Gasteiger partial charge in [-0.25, -0.2) is 0 Å². The summed E-state index contributed by atoms with van der Waals surface area (Å²) in [7, 11) is 0. The molecule has 1 spiro atoms. The van der Waals surface area contributed by atoms with E-state index in [1.807, 2.05) is 6.07 Å². The molecule has 9 aromatic carbocycles. The van der Waals surface area contributed by atoms with E-state index in [0.717, 1.165) is 50.2 Å². The molecule has 0 atom stereocenters. The van der Waals surface area contributed by atoms with Gasteiger partial charge in [0.1, 0.15) is 11.2 Å². The van der Waals surface area contributed by atoms with Crippen LogP contribution in [-0.4, -0.2) is 4.57 Å². The number of aromatic nitrogens is 1. The van der Waals surface area contributed by atoms with Crippen molar-refractivity contribution >= 4 is 60.8 Å². The lowest BCUT2D eigenvalue weighted by Gasteiger charge is -2.31. The Balaban J connectivity index is 1.11. The number of fused-ring (bicyclic) bond motifs is 16. The maximum Gasteiger partial charge on any atom is 0.137 e. The van der Waals surface area contributed by atoms with Gasteiger partial charge >= 0.3 is 0 Å². The highest BCUT2D eigenvalue weighted by Crippen LogP contribution is 2.63. The normalized spacial score (nSPS) is 13.3. The SMILES string of the molecule is c1ccc(-n2c3ccccc3c3c(N(c4ccc5c(c4)-c4ccccc4C54c5ccccc5-c5ccccc54)c4ccc5c(c4)oc4ccccc45)cccc32)cc1. The van der Waals surface area contributed by atoms with E-state index >= 15 is 0 Å². The molecule has 3 heteroatoms. The van der Waals surface area contributed by atoms with E-state index in [-0.39, 0.29) is 0 Å². The van der Waals surface area contributed by atoms with Crippen LogP contribution in [0, 0.1) is 0 Å². The minimum absolute atomic E-state index is 0.404. The smallest absolute Gasteiger partial charge is 0.137 e. The Hall–Kier alpha value is -7.62. The van der Waals surface area contributed by atoms with Crippen LogP contribution in [0.5, 0.6) is 0 Å². The number of rotatable bonds is 4. The van der Waals surface area contributed by atoms with Crippen molar-refractivity contribution in [3.8, 4) is 27.9 Å². The van der Waals surface area contributed by atoms with Crippen LogP contribution in [0.3, 0.4) is 0 Å². The highest BCUT2D eigenvalue weighted by molar-refractivity contribution is 6.17. The highest BCUT2D eigenvalue weighted by Gasteiger charge is 2.51. The Morgan fingerprint density at radius 1 is 0.379 bits per heavy atom. The Morgan fingerprint density at radius 2 is 0.931 bits per heavy atom. The number of para-hydroxylation sites is 3. The summed E-state index contributed by atoms with van der Waals surface area (Å²) in [5.41, 5.74) is 18.6. The molecule has 58 heavy (non-hydrogen) atoms. The van der Waals surface area contributed by atoms with Crippen LogP contribution in [0.25, 0.3) is 71.7 Å². The number of furan rings is 1. The van der Waals surface area contributed by atoms with E-state index in [1.54, 1.807) is 0 Å². The molecule has 2 aliphatic carbocycles. The third-order valence-corrected chi connectivity index (χ3v) is 12.8. The molecule has 2 heterocycles. The molecule has 0 radical (unpaired) electrons. The number of anilines is 3. The zero-order valence-corrected chi connectivity index (χ0v) is 31.4. The summed E-state index contributed by atoms with van der Waals surface area (Å²) in [6, 6.07) is 75.5. The summed E-state index contributed by atoms with van der Waals surface area (Å²) < 4.78 is 8.95. The first-order valence-corrected chi connectivity index (χ1v) is 20.0. The van der Waals surface area contributed by atoms with Crippen LogP contribution in [-0.2, 0) is 5.41 Å². The summed E-state index contributed by atoms with van der Waals surface area (Å²) in [4.78, 5) is 2.45. The first kappa shape index (κ1) is 31.6. The maximum atomic E-state index is 6.55. The quantitative estimate of drug-likeness (QED) is 0.179. The third-order valence-electron chi connectivity index (χ3n) is 12.8. The Morgan fingerprint density at radius 3 is 1.69 bits per heavy atom. The van der Waals surface area contributed by atoms with E-state index < -0.39 is 5.41 Å². The highest BCUT2D eigenvalue weighted by atomic mass is 16.3. The summed E-state index contributed by atoms with van der Waals surface area (Å²) in [6.07, 6.45) is 0. The van der Waals surface area contributed by atoms with Gasteiger partial charge in [0, 0.05) is 44.7 Å². The molecule has 0 bridgehead atoms. The second-order valence-corrected chi connectivity index (χ2v) is 15.6. The lowest BCUT2D eigenvalue weighted by atomic mass is 9.70. The van der Waals surface area contributed by atoms with Crippen molar-refractivity contribution in [1.82, 2.24) is 4.57 Å². The predicted octanol–water partition coefficient (Wildman–Crippen LogP) is 14.5. The molecule has 0 amide bonds. The first-order chi connectivity index (χ1) is 28.8. The minimum atomic E-state index is -0.404. The van der Waals surface area contributed by atoms with Gasteiger partial charge < -0.3 is 13.9 Å². The summed E-state index contributed by atoms with van der Waals surface area (Å²) >= 11 is 0. The van der Waals surface area contributed by atoms with Crippen LogP contribution in [0.4, 0.5) is 17.1 Å². The average molecular weight is 739 g/mol. The van der Waals surface area contributed by atoms with Crippen molar-refractivity contribution < 1.29 is 4.42 Å². The second kappa shape index (κ2) is 11.7. The van der Waals surface area contributed by atoms with Gasteiger partial charge in [-0.15, -0.1) is 0 Å². The van der Waals surface area contributed by atoms with E-state index in [9.17, 15) is 0 Å². The van der Waals surface area contributed by atoms with E-state index in [4.69, 9.17) is 4.42 Å². The first-order valence-electron chi connectivity index (χ1n) is 20.0. The van der Waals surface area contributed by atoms with Crippen molar-refractivity contribution in [2.45, 2.75) is 5.41 Å². The largest absolute Gasteiger partial charge is 0.456 e. The number of nitrogens with zero attached hydrogens (tertiary/aromatic N) is 2. The van der Waals surface area contributed by atoms with Crippen LogP contribution < -0.4 is 4.90 Å². The predicted molar refractivity (Wildman–Crippen MR) is 239 cm³/mol. The number of hydrogen-bond acceptors (Lipinski definition) is 2. The second-order valence-electron chi connectivity index (χ2n) is 15.6. The summed E-state index contributed by atoms with van der Waals surface area (Å²) in [5.74, 6) is 0. The van der Waals surface area contributed by atoms with E-state index in [2.05, 4.69) is 210 Å². The molecular formula is C55H34N2O. The van der Waals surface area contributed by atoms with Gasteiger partial charge in [-0.05, 0) is 105 Å². The Kier molecular flexibility index (Phi) is 6.37. The van der Waals surface area contributed by atoms with Crippen molar-refractivity contribution in [2.75, 3.05) is 4.90 Å². The molecule has 0 saturated heterocycles. The number of hydrogen-bond donors (Lipinski definition) is 0. The lowest BCUT2D eigenvalue weighted by Crippen LogP contribution is -2.25. The van der Waals surface area contributed by atoms with Crippen LogP contribution >= 0.6 is 0 Å². The molecule has 0 N–H and O–H groups in total. The molecule has 0 fully saturated rings. The average Bonchev–Trinajstić information content (AvgIpc) is 4.00. The van der Waals surface area contributed by atoms with Gasteiger partial charge in [0.05, 0.1) is 22.1 Å². The molecule has 0 aliphatic heterocycles. The molecule has 13 rings (SSSR count). The van der Waals surface area contributed by atoms with Crippen molar-refractivity contribution in [3.05, 3.63) is 229 Å². The number of benzene rings is 9. The third kappa shape index (κ3) is 4.07.